The fraction of sp³-hybridized carbons (Fsp3) is 0.875. The number of hydrogen-bond donors (Lipinski definition) is 2. The summed E-state index contributed by atoms with van der Waals surface area (Å²) in [4.78, 5) is 23.9. The lowest BCUT2D eigenvalue weighted by atomic mass is 9.49. The summed E-state index contributed by atoms with van der Waals surface area (Å²) in [6, 6.07) is -0.281. The van der Waals surface area contributed by atoms with Crippen molar-refractivity contribution >= 4 is 11.8 Å². The SMILES string of the molecule is O=C(CC12CC3CC(CC(C3)C1)C2)NC1CCNC1=O. The van der Waals surface area contributed by atoms with Gasteiger partial charge in [-0.05, 0) is 68.1 Å². The maximum absolute atomic E-state index is 12.3. The van der Waals surface area contributed by atoms with Crippen LogP contribution in [0.4, 0.5) is 0 Å². The van der Waals surface area contributed by atoms with Gasteiger partial charge in [-0.25, -0.2) is 0 Å². The van der Waals surface area contributed by atoms with E-state index in [1.165, 1.54) is 38.5 Å². The van der Waals surface area contributed by atoms with Gasteiger partial charge in [0, 0.05) is 13.0 Å². The van der Waals surface area contributed by atoms with Gasteiger partial charge in [0.05, 0.1) is 0 Å². The van der Waals surface area contributed by atoms with Crippen LogP contribution in [0.15, 0.2) is 0 Å². The minimum Gasteiger partial charge on any atom is -0.354 e. The summed E-state index contributed by atoms with van der Waals surface area (Å²) in [5, 5.41) is 5.73. The lowest BCUT2D eigenvalue weighted by Gasteiger charge is -2.56. The maximum Gasteiger partial charge on any atom is 0.242 e. The van der Waals surface area contributed by atoms with Crippen LogP contribution in [0.5, 0.6) is 0 Å². The molecule has 5 aliphatic rings. The van der Waals surface area contributed by atoms with Crippen molar-refractivity contribution in [2.75, 3.05) is 6.54 Å². The minimum absolute atomic E-state index is 0.0103. The predicted molar refractivity (Wildman–Crippen MR) is 74.8 cm³/mol. The Morgan fingerprint density at radius 2 is 1.75 bits per heavy atom. The molecule has 110 valence electrons. The van der Waals surface area contributed by atoms with Crippen LogP contribution >= 0.6 is 0 Å². The summed E-state index contributed by atoms with van der Waals surface area (Å²) < 4.78 is 0. The molecule has 1 atom stereocenters. The van der Waals surface area contributed by atoms with Gasteiger partial charge in [0.15, 0.2) is 0 Å². The summed E-state index contributed by atoms with van der Waals surface area (Å²) in [5.41, 5.74) is 0.272. The van der Waals surface area contributed by atoms with Crippen LogP contribution in [0.3, 0.4) is 0 Å². The molecule has 0 aromatic carbocycles. The molecule has 4 heteroatoms. The van der Waals surface area contributed by atoms with Crippen LogP contribution in [0.2, 0.25) is 0 Å². The first-order valence-corrected chi connectivity index (χ1v) is 8.19. The van der Waals surface area contributed by atoms with Crippen LogP contribution in [-0.2, 0) is 9.59 Å². The molecule has 2 N–H and O–H groups in total. The van der Waals surface area contributed by atoms with Crippen molar-refractivity contribution in [2.45, 2.75) is 57.4 Å². The van der Waals surface area contributed by atoms with E-state index in [0.717, 1.165) is 24.2 Å². The molecule has 2 amide bonds. The average Bonchev–Trinajstić information content (AvgIpc) is 2.72. The number of rotatable bonds is 3. The number of hydrogen-bond acceptors (Lipinski definition) is 2. The molecule has 4 nitrogen and oxygen atoms in total. The number of nitrogens with one attached hydrogen (secondary N) is 2. The lowest BCUT2D eigenvalue weighted by molar-refractivity contribution is -0.133. The maximum atomic E-state index is 12.3. The van der Waals surface area contributed by atoms with E-state index in [9.17, 15) is 9.59 Å². The van der Waals surface area contributed by atoms with Gasteiger partial charge in [0.1, 0.15) is 6.04 Å². The van der Waals surface area contributed by atoms with Crippen molar-refractivity contribution < 1.29 is 9.59 Å². The molecular formula is C16H24N2O2. The fourth-order valence-corrected chi connectivity index (χ4v) is 5.82. The highest BCUT2D eigenvalue weighted by Crippen LogP contribution is 2.61. The number of carbonyl (C=O) groups excluding carboxylic acids is 2. The number of amides is 2. The van der Waals surface area contributed by atoms with Crippen molar-refractivity contribution in [3.63, 3.8) is 0 Å². The molecule has 0 radical (unpaired) electrons. The van der Waals surface area contributed by atoms with Crippen molar-refractivity contribution in [3.05, 3.63) is 0 Å². The molecule has 5 rings (SSSR count). The Morgan fingerprint density at radius 3 is 2.25 bits per heavy atom. The molecule has 1 saturated heterocycles. The van der Waals surface area contributed by atoms with Crippen LogP contribution in [0.1, 0.15) is 51.4 Å². The van der Waals surface area contributed by atoms with Crippen molar-refractivity contribution in [1.29, 1.82) is 0 Å². The molecule has 5 fully saturated rings. The standard InChI is InChI=1S/C16H24N2O2/c19-14(18-13-1-2-17-15(13)20)9-16-6-10-3-11(7-16)5-12(4-10)8-16/h10-13H,1-9H2,(H,17,20)(H,18,19). The third-order valence-electron chi connectivity index (χ3n) is 6.08. The second-order valence-corrected chi connectivity index (χ2v) is 7.79. The van der Waals surface area contributed by atoms with E-state index in [-0.39, 0.29) is 23.3 Å². The first kappa shape index (κ1) is 12.7. The predicted octanol–water partition coefficient (Wildman–Crippen LogP) is 1.60. The summed E-state index contributed by atoms with van der Waals surface area (Å²) in [6.07, 6.45) is 9.38. The van der Waals surface area contributed by atoms with Crippen molar-refractivity contribution in [1.82, 2.24) is 10.6 Å². The van der Waals surface area contributed by atoms with Gasteiger partial charge in [0.25, 0.3) is 0 Å². The Labute approximate surface area is 120 Å². The van der Waals surface area contributed by atoms with E-state index < -0.39 is 0 Å². The average molecular weight is 276 g/mol. The summed E-state index contributed by atoms with van der Waals surface area (Å²) in [6.45, 7) is 0.696. The van der Waals surface area contributed by atoms with E-state index in [4.69, 9.17) is 0 Å². The Hall–Kier alpha value is -1.06. The van der Waals surface area contributed by atoms with Gasteiger partial charge in [-0.1, -0.05) is 0 Å². The molecule has 0 aromatic heterocycles. The van der Waals surface area contributed by atoms with E-state index >= 15 is 0 Å². The number of carbonyl (C=O) groups is 2. The Kier molecular flexibility index (Phi) is 2.83. The smallest absolute Gasteiger partial charge is 0.242 e. The second-order valence-electron chi connectivity index (χ2n) is 7.79. The molecule has 4 saturated carbocycles. The van der Waals surface area contributed by atoms with Gasteiger partial charge in [-0.15, -0.1) is 0 Å². The topological polar surface area (TPSA) is 58.2 Å². The fourth-order valence-electron chi connectivity index (χ4n) is 5.82. The Morgan fingerprint density at radius 1 is 1.15 bits per heavy atom. The zero-order chi connectivity index (χ0) is 13.7. The third kappa shape index (κ3) is 2.13. The molecular weight excluding hydrogens is 252 g/mol. The zero-order valence-electron chi connectivity index (χ0n) is 12.0. The molecule has 0 aromatic rings. The molecule has 4 aliphatic carbocycles. The molecule has 20 heavy (non-hydrogen) atoms. The Bertz CT molecular complexity index is 410. The molecule has 1 heterocycles. The highest BCUT2D eigenvalue weighted by Gasteiger charge is 2.51. The molecule has 0 spiro atoms. The summed E-state index contributed by atoms with van der Waals surface area (Å²) in [5.74, 6) is 2.73. The van der Waals surface area contributed by atoms with Gasteiger partial charge < -0.3 is 10.6 Å². The molecule has 1 unspecified atom stereocenters. The zero-order valence-corrected chi connectivity index (χ0v) is 12.0. The second kappa shape index (κ2) is 4.47. The highest BCUT2D eigenvalue weighted by atomic mass is 16.2. The molecule has 1 aliphatic heterocycles. The van der Waals surface area contributed by atoms with Crippen LogP contribution < -0.4 is 10.6 Å². The van der Waals surface area contributed by atoms with E-state index in [2.05, 4.69) is 10.6 Å². The van der Waals surface area contributed by atoms with Crippen molar-refractivity contribution in [3.8, 4) is 0 Å². The van der Waals surface area contributed by atoms with Crippen LogP contribution in [0, 0.1) is 23.2 Å². The van der Waals surface area contributed by atoms with Gasteiger partial charge in [0.2, 0.25) is 11.8 Å². The normalized spacial score (nSPS) is 45.5. The highest BCUT2D eigenvalue weighted by molar-refractivity contribution is 5.89. The quantitative estimate of drug-likeness (QED) is 0.822. The summed E-state index contributed by atoms with van der Waals surface area (Å²) in [7, 11) is 0. The third-order valence-corrected chi connectivity index (χ3v) is 6.08. The minimum atomic E-state index is -0.281. The van der Waals surface area contributed by atoms with Gasteiger partial charge in [-0.3, -0.25) is 9.59 Å². The molecule has 4 bridgehead atoms. The van der Waals surface area contributed by atoms with Gasteiger partial charge in [-0.2, -0.15) is 0 Å². The van der Waals surface area contributed by atoms with Gasteiger partial charge >= 0.3 is 0 Å². The van der Waals surface area contributed by atoms with E-state index in [0.29, 0.717) is 13.0 Å². The lowest BCUT2D eigenvalue weighted by Crippen LogP contribution is -2.49. The first-order chi connectivity index (χ1) is 9.62. The largest absolute Gasteiger partial charge is 0.354 e. The summed E-state index contributed by atoms with van der Waals surface area (Å²) >= 11 is 0. The van der Waals surface area contributed by atoms with E-state index in [1.54, 1.807) is 0 Å². The van der Waals surface area contributed by atoms with Crippen LogP contribution in [0.25, 0.3) is 0 Å². The Balaban J connectivity index is 1.41. The van der Waals surface area contributed by atoms with E-state index in [1.807, 2.05) is 0 Å². The first-order valence-electron chi connectivity index (χ1n) is 8.19. The van der Waals surface area contributed by atoms with Crippen LogP contribution in [-0.4, -0.2) is 24.4 Å². The van der Waals surface area contributed by atoms with Crippen molar-refractivity contribution in [2.24, 2.45) is 23.2 Å². The monoisotopic (exact) mass is 276 g/mol.